The first kappa shape index (κ1) is 9.56. The van der Waals surface area contributed by atoms with Gasteiger partial charge in [-0.1, -0.05) is 13.8 Å². The van der Waals surface area contributed by atoms with Crippen LogP contribution in [0.4, 0.5) is 6.01 Å². The zero-order valence-corrected chi connectivity index (χ0v) is 8.99. The van der Waals surface area contributed by atoms with Crippen LogP contribution in [0.25, 0.3) is 0 Å². The van der Waals surface area contributed by atoms with E-state index in [0.717, 1.165) is 24.8 Å². The zero-order valence-electron chi connectivity index (χ0n) is 8.99. The van der Waals surface area contributed by atoms with Crippen molar-refractivity contribution >= 4 is 6.01 Å². The van der Waals surface area contributed by atoms with Crippen LogP contribution < -0.4 is 4.90 Å². The van der Waals surface area contributed by atoms with Gasteiger partial charge in [0.1, 0.15) is 6.26 Å². The largest absolute Gasteiger partial charge is 0.432 e. The smallest absolute Gasteiger partial charge is 0.297 e. The molecule has 0 aromatic carbocycles. The average Bonchev–Trinajstić information content (AvgIpc) is 2.68. The lowest BCUT2D eigenvalue weighted by Gasteiger charge is -2.24. The molecule has 1 saturated heterocycles. The van der Waals surface area contributed by atoms with Gasteiger partial charge in [0, 0.05) is 13.1 Å². The Morgan fingerprint density at radius 2 is 2.00 bits per heavy atom. The molecule has 1 aliphatic heterocycles. The van der Waals surface area contributed by atoms with Crippen molar-refractivity contribution < 1.29 is 4.42 Å². The van der Waals surface area contributed by atoms with E-state index in [1.807, 2.05) is 0 Å². The van der Waals surface area contributed by atoms with E-state index in [0.29, 0.717) is 5.92 Å². The van der Waals surface area contributed by atoms with Gasteiger partial charge in [0.05, 0.1) is 5.69 Å². The maximum atomic E-state index is 5.48. The minimum absolute atomic E-state index is 0.456. The van der Waals surface area contributed by atoms with Crippen molar-refractivity contribution in [3.63, 3.8) is 0 Å². The Hall–Kier alpha value is -0.990. The first-order valence-corrected chi connectivity index (χ1v) is 5.48. The Morgan fingerprint density at radius 1 is 1.29 bits per heavy atom. The van der Waals surface area contributed by atoms with Gasteiger partial charge in [-0.15, -0.1) is 0 Å². The minimum Gasteiger partial charge on any atom is -0.432 e. The lowest BCUT2D eigenvalue weighted by Crippen LogP contribution is -2.29. The molecule has 1 fully saturated rings. The number of rotatable bonds is 2. The van der Waals surface area contributed by atoms with E-state index in [1.165, 1.54) is 19.3 Å². The fraction of sp³-hybridized carbons (Fsp3) is 0.727. The quantitative estimate of drug-likeness (QED) is 0.725. The molecule has 0 bridgehead atoms. The van der Waals surface area contributed by atoms with E-state index in [9.17, 15) is 0 Å². The van der Waals surface area contributed by atoms with E-state index in [-0.39, 0.29) is 0 Å². The number of piperidine rings is 1. The van der Waals surface area contributed by atoms with Gasteiger partial charge in [0.25, 0.3) is 6.01 Å². The standard InChI is InChI=1S/C11H18N2O/c1-9(2)10-8-14-11(12-10)13-6-4-3-5-7-13/h8-9H,3-7H2,1-2H3. The van der Waals surface area contributed by atoms with E-state index in [4.69, 9.17) is 4.42 Å². The molecule has 0 radical (unpaired) electrons. The third-order valence-corrected chi connectivity index (χ3v) is 2.73. The summed E-state index contributed by atoms with van der Waals surface area (Å²) in [6, 6.07) is 0.813. The summed E-state index contributed by atoms with van der Waals surface area (Å²) < 4.78 is 5.48. The van der Waals surface area contributed by atoms with Gasteiger partial charge < -0.3 is 9.32 Å². The maximum absolute atomic E-state index is 5.48. The molecule has 14 heavy (non-hydrogen) atoms. The number of oxazole rings is 1. The summed E-state index contributed by atoms with van der Waals surface area (Å²) in [5.74, 6) is 0.456. The average molecular weight is 194 g/mol. The van der Waals surface area contributed by atoms with Crippen LogP contribution in [0, 0.1) is 0 Å². The maximum Gasteiger partial charge on any atom is 0.297 e. The van der Waals surface area contributed by atoms with E-state index in [1.54, 1.807) is 6.26 Å². The molecule has 0 spiro atoms. The summed E-state index contributed by atoms with van der Waals surface area (Å²) in [7, 11) is 0. The van der Waals surface area contributed by atoms with Gasteiger partial charge >= 0.3 is 0 Å². The second-order valence-electron chi connectivity index (χ2n) is 4.26. The molecule has 3 heteroatoms. The van der Waals surface area contributed by atoms with Gasteiger partial charge in [-0.2, -0.15) is 4.98 Å². The molecule has 2 heterocycles. The van der Waals surface area contributed by atoms with E-state index in [2.05, 4.69) is 23.7 Å². The van der Waals surface area contributed by atoms with Crippen LogP contribution in [0.1, 0.15) is 44.7 Å². The van der Waals surface area contributed by atoms with Crippen molar-refractivity contribution in [3.8, 4) is 0 Å². The fourth-order valence-electron chi connectivity index (χ4n) is 1.77. The number of nitrogens with zero attached hydrogens (tertiary/aromatic N) is 2. The lowest BCUT2D eigenvalue weighted by molar-refractivity contribution is 0.491. The van der Waals surface area contributed by atoms with Gasteiger partial charge in [-0.25, -0.2) is 0 Å². The lowest BCUT2D eigenvalue weighted by atomic mass is 10.1. The Kier molecular flexibility index (Phi) is 2.75. The number of hydrogen-bond donors (Lipinski definition) is 0. The van der Waals surface area contributed by atoms with E-state index >= 15 is 0 Å². The fourth-order valence-corrected chi connectivity index (χ4v) is 1.77. The SMILES string of the molecule is CC(C)c1coc(N2CCCCC2)n1. The Bertz CT molecular complexity index is 287. The second-order valence-corrected chi connectivity index (χ2v) is 4.26. The van der Waals surface area contributed by atoms with Crippen molar-refractivity contribution in [3.05, 3.63) is 12.0 Å². The predicted octanol–water partition coefficient (Wildman–Crippen LogP) is 2.79. The molecular weight excluding hydrogens is 176 g/mol. The molecule has 1 aliphatic rings. The monoisotopic (exact) mass is 194 g/mol. The summed E-state index contributed by atoms with van der Waals surface area (Å²) in [4.78, 5) is 6.74. The summed E-state index contributed by atoms with van der Waals surface area (Å²) >= 11 is 0. The number of hydrogen-bond acceptors (Lipinski definition) is 3. The molecular formula is C11H18N2O. The predicted molar refractivity (Wildman–Crippen MR) is 56.7 cm³/mol. The number of aromatic nitrogens is 1. The third-order valence-electron chi connectivity index (χ3n) is 2.73. The summed E-state index contributed by atoms with van der Waals surface area (Å²) in [5.41, 5.74) is 1.06. The highest BCUT2D eigenvalue weighted by Crippen LogP contribution is 2.22. The molecule has 1 aromatic heterocycles. The summed E-state index contributed by atoms with van der Waals surface area (Å²) in [6.07, 6.45) is 5.65. The molecule has 1 aromatic rings. The van der Waals surface area contributed by atoms with Crippen molar-refractivity contribution in [1.82, 2.24) is 4.98 Å². The first-order chi connectivity index (χ1) is 6.77. The third kappa shape index (κ3) is 1.91. The number of anilines is 1. The van der Waals surface area contributed by atoms with Crippen LogP contribution in [-0.4, -0.2) is 18.1 Å². The van der Waals surface area contributed by atoms with Crippen molar-refractivity contribution in [2.45, 2.75) is 39.0 Å². The summed E-state index contributed by atoms with van der Waals surface area (Å²) in [5, 5.41) is 0. The van der Waals surface area contributed by atoms with Crippen LogP contribution in [0.15, 0.2) is 10.7 Å². The topological polar surface area (TPSA) is 29.3 Å². The van der Waals surface area contributed by atoms with Gasteiger partial charge in [-0.3, -0.25) is 0 Å². The molecule has 0 amide bonds. The minimum atomic E-state index is 0.456. The van der Waals surface area contributed by atoms with Crippen molar-refractivity contribution in [2.24, 2.45) is 0 Å². The molecule has 78 valence electrons. The first-order valence-electron chi connectivity index (χ1n) is 5.48. The molecule has 0 N–H and O–H groups in total. The summed E-state index contributed by atoms with van der Waals surface area (Å²) in [6.45, 7) is 6.46. The van der Waals surface area contributed by atoms with Gasteiger partial charge in [0.15, 0.2) is 0 Å². The highest BCUT2D eigenvalue weighted by Gasteiger charge is 2.16. The molecule has 2 rings (SSSR count). The van der Waals surface area contributed by atoms with Gasteiger partial charge in [0.2, 0.25) is 0 Å². The molecule has 3 nitrogen and oxygen atoms in total. The normalized spacial score (nSPS) is 17.8. The molecule has 0 aliphatic carbocycles. The van der Waals surface area contributed by atoms with Crippen molar-refractivity contribution in [2.75, 3.05) is 18.0 Å². The van der Waals surface area contributed by atoms with Crippen LogP contribution in [-0.2, 0) is 0 Å². The van der Waals surface area contributed by atoms with Crippen LogP contribution in [0.3, 0.4) is 0 Å². The Labute approximate surface area is 85.1 Å². The van der Waals surface area contributed by atoms with Crippen LogP contribution >= 0.6 is 0 Å². The molecule has 0 saturated carbocycles. The van der Waals surface area contributed by atoms with E-state index < -0.39 is 0 Å². The van der Waals surface area contributed by atoms with Crippen LogP contribution in [0.5, 0.6) is 0 Å². The molecule has 0 atom stereocenters. The molecule has 0 unspecified atom stereocenters. The van der Waals surface area contributed by atoms with Gasteiger partial charge in [-0.05, 0) is 25.2 Å². The zero-order chi connectivity index (χ0) is 9.97. The van der Waals surface area contributed by atoms with Crippen molar-refractivity contribution in [1.29, 1.82) is 0 Å². The highest BCUT2D eigenvalue weighted by atomic mass is 16.4. The van der Waals surface area contributed by atoms with Crippen LogP contribution in [0.2, 0.25) is 0 Å². The second kappa shape index (κ2) is 4.03. The Balaban J connectivity index is 2.07. The highest BCUT2D eigenvalue weighted by molar-refractivity contribution is 5.28. The Morgan fingerprint density at radius 3 is 2.57 bits per heavy atom.